The molecule has 1 unspecified atom stereocenters. The molecule has 3 aromatic rings. The van der Waals surface area contributed by atoms with E-state index in [4.69, 9.17) is 4.74 Å². The van der Waals surface area contributed by atoms with E-state index >= 15 is 0 Å². The number of nitrogens with one attached hydrogen (secondary N) is 1. The molecule has 8 nitrogen and oxygen atoms in total. The van der Waals surface area contributed by atoms with Crippen molar-refractivity contribution in [2.75, 3.05) is 63.2 Å². The Labute approximate surface area is 236 Å². The van der Waals surface area contributed by atoms with E-state index in [-0.39, 0.29) is 17.6 Å². The van der Waals surface area contributed by atoms with Crippen molar-refractivity contribution in [3.05, 3.63) is 94.5 Å². The summed E-state index contributed by atoms with van der Waals surface area (Å²) in [6, 6.07) is 21.7. The van der Waals surface area contributed by atoms with Gasteiger partial charge in [-0.05, 0) is 61.2 Å². The molecular formula is C32H38N4O4. The maximum Gasteiger partial charge on any atom is 0.335 e. The van der Waals surface area contributed by atoms with Gasteiger partial charge in [0, 0.05) is 58.5 Å². The molecule has 3 aromatic carbocycles. The van der Waals surface area contributed by atoms with Crippen LogP contribution in [-0.4, -0.2) is 85.9 Å². The number of carboxylic acid groups (broad SMARTS) is 1. The number of carbonyl (C=O) groups is 2. The number of benzene rings is 3. The fourth-order valence-corrected chi connectivity index (χ4v) is 5.15. The van der Waals surface area contributed by atoms with Crippen LogP contribution in [0.15, 0.2) is 66.7 Å². The number of rotatable bonds is 6. The number of hydrogen-bond donors (Lipinski definition) is 2. The predicted octanol–water partition coefficient (Wildman–Crippen LogP) is 4.34. The van der Waals surface area contributed by atoms with E-state index < -0.39 is 5.97 Å². The van der Waals surface area contributed by atoms with Gasteiger partial charge in [0.15, 0.2) is 0 Å². The molecule has 0 aliphatic carbocycles. The number of likely N-dealkylation sites (N-methyl/N-ethyl adjacent to an activating group) is 1. The topological polar surface area (TPSA) is 85.3 Å². The first kappa shape index (κ1) is 27.7. The quantitative estimate of drug-likeness (QED) is 0.480. The number of fused-ring (bicyclic) bond motifs is 1. The van der Waals surface area contributed by atoms with Gasteiger partial charge in [0.2, 0.25) is 0 Å². The summed E-state index contributed by atoms with van der Waals surface area (Å²) in [5.41, 5.74) is 6.52. The smallest absolute Gasteiger partial charge is 0.335 e. The molecule has 0 spiro atoms. The summed E-state index contributed by atoms with van der Waals surface area (Å²) in [5, 5.41) is 12.8. The highest BCUT2D eigenvalue weighted by molar-refractivity contribution is 5.94. The molecule has 0 saturated carbocycles. The summed E-state index contributed by atoms with van der Waals surface area (Å²) in [6.07, 6.45) is 2.15. The number of hydrogen-bond acceptors (Lipinski definition) is 6. The number of aryl methyl sites for hydroxylation is 1. The maximum atomic E-state index is 13.2. The summed E-state index contributed by atoms with van der Waals surface area (Å²) in [4.78, 5) is 31.0. The molecule has 0 radical (unpaired) electrons. The van der Waals surface area contributed by atoms with Crippen LogP contribution in [0.3, 0.4) is 0 Å². The minimum Gasteiger partial charge on any atom is -0.478 e. The Morgan fingerprint density at radius 2 is 1.62 bits per heavy atom. The predicted molar refractivity (Wildman–Crippen MR) is 157 cm³/mol. The van der Waals surface area contributed by atoms with E-state index in [1.165, 1.54) is 17.5 Å². The van der Waals surface area contributed by atoms with Gasteiger partial charge >= 0.3 is 5.97 Å². The molecule has 8 heteroatoms. The average Bonchev–Trinajstić information content (AvgIpc) is 3.23. The fraction of sp³-hybridized carbons (Fsp3) is 0.375. The second-order valence-corrected chi connectivity index (χ2v) is 10.7. The summed E-state index contributed by atoms with van der Waals surface area (Å²) in [7, 11) is 1.98. The molecule has 1 amide bonds. The van der Waals surface area contributed by atoms with Gasteiger partial charge in [-0.3, -0.25) is 9.69 Å². The second-order valence-electron chi connectivity index (χ2n) is 10.7. The zero-order valence-corrected chi connectivity index (χ0v) is 23.3. The van der Waals surface area contributed by atoms with E-state index in [1.54, 1.807) is 12.1 Å². The van der Waals surface area contributed by atoms with Crippen LogP contribution in [0.1, 0.15) is 43.8 Å². The van der Waals surface area contributed by atoms with Gasteiger partial charge in [-0.25, -0.2) is 4.79 Å². The Bertz CT molecular complexity index is 1330. The Hall–Kier alpha value is -3.88. The second kappa shape index (κ2) is 12.5. The molecule has 3 aliphatic rings. The maximum absolute atomic E-state index is 13.2. The first-order chi connectivity index (χ1) is 19.4. The normalized spacial score (nSPS) is 18.2. The molecule has 0 aromatic heterocycles. The molecular weight excluding hydrogens is 504 g/mol. The van der Waals surface area contributed by atoms with Crippen molar-refractivity contribution in [1.82, 2.24) is 9.80 Å². The van der Waals surface area contributed by atoms with E-state index in [9.17, 15) is 14.7 Å². The van der Waals surface area contributed by atoms with Crippen LogP contribution < -0.4 is 10.2 Å². The van der Waals surface area contributed by atoms with Gasteiger partial charge in [0.25, 0.3) is 5.91 Å². The monoisotopic (exact) mass is 542 g/mol. The van der Waals surface area contributed by atoms with Gasteiger partial charge in [0.1, 0.15) is 6.17 Å². The fourth-order valence-electron chi connectivity index (χ4n) is 5.15. The molecule has 0 bridgehead atoms. The SMILES string of the molecule is C1COC1.Cc1ccc(Cc2cccc(C(=O)N3CCN(CC4Nc5ccc(C(=O)O)cc5N4C)CC3)c2)cc1. The number of amides is 1. The van der Waals surface area contributed by atoms with Crippen molar-refractivity contribution in [2.24, 2.45) is 0 Å². The van der Waals surface area contributed by atoms with Crippen LogP contribution in [0, 0.1) is 6.92 Å². The van der Waals surface area contributed by atoms with Gasteiger partial charge in [-0.15, -0.1) is 0 Å². The third-order valence-corrected chi connectivity index (χ3v) is 7.79. The van der Waals surface area contributed by atoms with E-state index in [0.29, 0.717) is 13.1 Å². The van der Waals surface area contributed by atoms with Crippen molar-refractivity contribution in [1.29, 1.82) is 0 Å². The number of piperazine rings is 1. The first-order valence-corrected chi connectivity index (χ1v) is 14.0. The molecule has 3 aliphatic heterocycles. The van der Waals surface area contributed by atoms with Crippen molar-refractivity contribution in [3.8, 4) is 0 Å². The van der Waals surface area contributed by atoms with Gasteiger partial charge in [-0.1, -0.05) is 42.0 Å². The number of nitrogens with zero attached hydrogens (tertiary/aromatic N) is 3. The molecule has 210 valence electrons. The Balaban J connectivity index is 0.000000741. The zero-order valence-electron chi connectivity index (χ0n) is 23.3. The third kappa shape index (κ3) is 6.63. The number of carbonyl (C=O) groups excluding carboxylic acids is 1. The number of aromatic carboxylic acids is 1. The molecule has 40 heavy (non-hydrogen) atoms. The van der Waals surface area contributed by atoms with E-state index in [0.717, 1.165) is 61.8 Å². The first-order valence-electron chi connectivity index (χ1n) is 14.0. The molecule has 2 N–H and O–H groups in total. The number of ether oxygens (including phenoxy) is 1. The molecule has 2 fully saturated rings. The van der Waals surface area contributed by atoms with E-state index in [2.05, 4.69) is 52.4 Å². The highest BCUT2D eigenvalue weighted by atomic mass is 16.5. The summed E-state index contributed by atoms with van der Waals surface area (Å²) < 4.78 is 4.72. The lowest BCUT2D eigenvalue weighted by Gasteiger charge is -2.37. The largest absolute Gasteiger partial charge is 0.478 e. The molecule has 6 rings (SSSR count). The lowest BCUT2D eigenvalue weighted by molar-refractivity contribution is 0.0367. The Morgan fingerprint density at radius 3 is 2.27 bits per heavy atom. The van der Waals surface area contributed by atoms with Gasteiger partial charge < -0.3 is 25.0 Å². The Morgan fingerprint density at radius 1 is 0.925 bits per heavy atom. The standard InChI is InChI=1S/C29H32N4O3.C3H6O/c1-20-6-8-21(9-7-20)16-22-4-3-5-23(17-22)28(34)33-14-12-32(13-15-33)19-27-30-25-11-10-24(29(35)36)18-26(25)31(27)2;1-2-4-3-1/h3-11,17-18,27,30H,12-16,19H2,1-2H3,(H,35,36);1-3H2. The minimum absolute atomic E-state index is 0.0600. The van der Waals surface area contributed by atoms with Crippen molar-refractivity contribution in [3.63, 3.8) is 0 Å². The minimum atomic E-state index is -0.920. The summed E-state index contributed by atoms with van der Waals surface area (Å²) in [6.45, 7) is 7.86. The Kier molecular flexibility index (Phi) is 8.67. The van der Waals surface area contributed by atoms with Crippen molar-refractivity contribution in [2.45, 2.75) is 25.9 Å². The van der Waals surface area contributed by atoms with Gasteiger partial charge in [-0.2, -0.15) is 0 Å². The van der Waals surface area contributed by atoms with Crippen LogP contribution in [0.4, 0.5) is 11.4 Å². The van der Waals surface area contributed by atoms with Crippen molar-refractivity contribution >= 4 is 23.3 Å². The van der Waals surface area contributed by atoms with Crippen LogP contribution in [0.25, 0.3) is 0 Å². The molecule has 1 atom stereocenters. The molecule has 2 saturated heterocycles. The van der Waals surface area contributed by atoms with Crippen LogP contribution in [0.2, 0.25) is 0 Å². The highest BCUT2D eigenvalue weighted by Crippen LogP contribution is 2.34. The molecule has 3 heterocycles. The summed E-state index contributed by atoms with van der Waals surface area (Å²) in [5.74, 6) is -0.832. The number of anilines is 2. The van der Waals surface area contributed by atoms with Crippen LogP contribution in [0.5, 0.6) is 0 Å². The van der Waals surface area contributed by atoms with Gasteiger partial charge in [0.05, 0.1) is 16.9 Å². The zero-order chi connectivity index (χ0) is 28.1. The van der Waals surface area contributed by atoms with Crippen molar-refractivity contribution < 1.29 is 19.4 Å². The van der Waals surface area contributed by atoms with E-state index in [1.807, 2.05) is 36.2 Å². The van der Waals surface area contributed by atoms with Crippen LogP contribution in [-0.2, 0) is 11.2 Å². The number of carboxylic acids is 1. The average molecular weight is 543 g/mol. The van der Waals surface area contributed by atoms with Crippen LogP contribution >= 0.6 is 0 Å². The lowest BCUT2D eigenvalue weighted by atomic mass is 10.0. The third-order valence-electron chi connectivity index (χ3n) is 7.79. The lowest BCUT2D eigenvalue weighted by Crippen LogP contribution is -2.53. The highest BCUT2D eigenvalue weighted by Gasteiger charge is 2.30. The summed E-state index contributed by atoms with van der Waals surface area (Å²) >= 11 is 0.